The van der Waals surface area contributed by atoms with E-state index in [0.717, 1.165) is 28.1 Å². The number of carbonyl (C=O) groups excluding carboxylic acids is 4. The second-order valence-corrected chi connectivity index (χ2v) is 13.4. The van der Waals surface area contributed by atoms with Crippen molar-refractivity contribution in [3.05, 3.63) is 33.8 Å². The van der Waals surface area contributed by atoms with Crippen molar-refractivity contribution in [3.8, 4) is 0 Å². The van der Waals surface area contributed by atoms with Crippen LogP contribution in [0.3, 0.4) is 0 Å². The lowest BCUT2D eigenvalue weighted by molar-refractivity contribution is -0.147. The molecule has 0 spiro atoms. The molecule has 0 radical (unpaired) electrons. The summed E-state index contributed by atoms with van der Waals surface area (Å²) in [6.45, 7) is 12.3. The molecule has 1 saturated heterocycles. The maximum absolute atomic E-state index is 13.7. The van der Waals surface area contributed by atoms with Gasteiger partial charge in [0.15, 0.2) is 0 Å². The van der Waals surface area contributed by atoms with E-state index in [0.29, 0.717) is 6.42 Å². The molecule has 5 N–H and O–H groups in total. The number of esters is 1. The van der Waals surface area contributed by atoms with E-state index in [1.807, 2.05) is 59.2 Å². The minimum absolute atomic E-state index is 0.0328. The van der Waals surface area contributed by atoms with Gasteiger partial charge in [-0.3, -0.25) is 19.2 Å². The third-order valence-electron chi connectivity index (χ3n) is 7.69. The molecule has 1 fully saturated rings. The van der Waals surface area contributed by atoms with Crippen molar-refractivity contribution in [3.63, 3.8) is 0 Å². The topological polar surface area (TPSA) is 164 Å². The van der Waals surface area contributed by atoms with Gasteiger partial charge in [-0.15, -0.1) is 11.3 Å². The number of aliphatic hydroxyl groups excluding tert-OH is 1. The highest BCUT2D eigenvalue weighted by Crippen LogP contribution is 2.32. The molecule has 232 valence electrons. The Kier molecular flexibility index (Phi) is 11.1. The lowest BCUT2D eigenvalue weighted by atomic mass is 9.85. The van der Waals surface area contributed by atoms with Crippen LogP contribution in [0.15, 0.2) is 23.2 Å². The van der Waals surface area contributed by atoms with Gasteiger partial charge >= 0.3 is 5.97 Å². The van der Waals surface area contributed by atoms with Crippen LogP contribution in [0.25, 0.3) is 5.57 Å². The molecule has 3 rings (SSSR count). The summed E-state index contributed by atoms with van der Waals surface area (Å²) in [4.78, 5) is 58.6. The van der Waals surface area contributed by atoms with E-state index in [9.17, 15) is 24.3 Å². The quantitative estimate of drug-likeness (QED) is 0.295. The first-order valence-corrected chi connectivity index (χ1v) is 15.3. The fourth-order valence-electron chi connectivity index (χ4n) is 5.11. The van der Waals surface area contributed by atoms with Gasteiger partial charge in [-0.25, -0.2) is 4.98 Å². The molecule has 1 aliphatic heterocycles. The van der Waals surface area contributed by atoms with Crippen LogP contribution in [0.4, 0.5) is 0 Å². The third kappa shape index (κ3) is 8.26. The first kappa shape index (κ1) is 33.4. The van der Waals surface area contributed by atoms with Crippen molar-refractivity contribution < 1.29 is 29.0 Å². The lowest BCUT2D eigenvalue weighted by Gasteiger charge is -2.35. The molecule has 12 heteroatoms. The number of allylic oxidation sites excluding steroid dienone is 3. The predicted octanol–water partition coefficient (Wildman–Crippen LogP) is 2.08. The molecule has 1 aliphatic carbocycles. The summed E-state index contributed by atoms with van der Waals surface area (Å²) in [5.41, 5.74) is 10.1. The van der Waals surface area contributed by atoms with Crippen LogP contribution >= 0.6 is 11.3 Å². The van der Waals surface area contributed by atoms with Gasteiger partial charge in [0.2, 0.25) is 17.7 Å². The van der Waals surface area contributed by atoms with E-state index in [1.165, 1.54) is 11.8 Å². The molecule has 42 heavy (non-hydrogen) atoms. The Morgan fingerprint density at radius 2 is 1.88 bits per heavy atom. The van der Waals surface area contributed by atoms with Gasteiger partial charge in [0.1, 0.15) is 24.7 Å². The number of hydrogen-bond acceptors (Lipinski definition) is 9. The van der Waals surface area contributed by atoms with E-state index in [1.54, 1.807) is 11.3 Å². The Bertz CT molecular complexity index is 1230. The minimum atomic E-state index is -0.961. The average Bonchev–Trinajstić information content (AvgIpc) is 3.53. The van der Waals surface area contributed by atoms with Crippen molar-refractivity contribution in [1.29, 1.82) is 0 Å². The summed E-state index contributed by atoms with van der Waals surface area (Å²) in [5, 5.41) is 16.2. The molecule has 1 aromatic heterocycles. The maximum atomic E-state index is 13.7. The number of nitrogens with zero attached hydrogens (tertiary/aromatic N) is 2. The Morgan fingerprint density at radius 3 is 2.40 bits per heavy atom. The molecule has 1 aromatic rings. The molecule has 4 unspecified atom stereocenters. The second kappa shape index (κ2) is 13.9. The van der Waals surface area contributed by atoms with Crippen molar-refractivity contribution in [2.24, 2.45) is 17.1 Å². The number of β-amino-alcohol motifs (C(OH)–C–C–N with tert-alkyl or cyclic N) is 1. The fourth-order valence-corrected chi connectivity index (χ4v) is 5.97. The van der Waals surface area contributed by atoms with E-state index in [-0.39, 0.29) is 31.4 Å². The number of aryl methyl sites for hydroxylation is 1. The number of hydrogen-bond donors (Lipinski definition) is 4. The Balaban J connectivity index is 1.85. The number of aromatic nitrogens is 1. The van der Waals surface area contributed by atoms with Crippen LogP contribution in [0.2, 0.25) is 0 Å². The number of carbonyl (C=O) groups is 4. The van der Waals surface area contributed by atoms with E-state index < -0.39 is 53.5 Å². The zero-order chi connectivity index (χ0) is 31.4. The molecule has 0 bridgehead atoms. The first-order valence-electron chi connectivity index (χ1n) is 14.4. The fraction of sp³-hybridized carbons (Fsp3) is 0.633. The summed E-state index contributed by atoms with van der Waals surface area (Å²) in [5.74, 6) is -1.96. The number of thiazole rings is 1. The molecule has 3 amide bonds. The average molecular weight is 604 g/mol. The molecule has 2 aliphatic rings. The summed E-state index contributed by atoms with van der Waals surface area (Å²) in [6, 6.07) is -3.31. The summed E-state index contributed by atoms with van der Waals surface area (Å²) >= 11 is 1.57. The summed E-state index contributed by atoms with van der Waals surface area (Å²) < 4.78 is 5.56. The van der Waals surface area contributed by atoms with Gasteiger partial charge in [0.05, 0.1) is 28.2 Å². The van der Waals surface area contributed by atoms with Crippen LogP contribution in [0.5, 0.6) is 0 Å². The van der Waals surface area contributed by atoms with Crippen molar-refractivity contribution in [2.45, 2.75) is 98.0 Å². The molecule has 11 nitrogen and oxygen atoms in total. The van der Waals surface area contributed by atoms with Crippen molar-refractivity contribution >= 4 is 40.6 Å². The van der Waals surface area contributed by atoms with Crippen LogP contribution in [-0.2, 0) is 23.9 Å². The van der Waals surface area contributed by atoms with E-state index in [2.05, 4.69) is 15.6 Å². The number of likely N-dealkylation sites (tertiary alicyclic amines) is 1. The molecule has 2 heterocycles. The van der Waals surface area contributed by atoms with Gasteiger partial charge in [0, 0.05) is 19.9 Å². The molecular formula is C30H45N5O6S. The third-order valence-corrected chi connectivity index (χ3v) is 8.69. The molecule has 5 atom stereocenters. The number of ether oxygens (including phenoxy) is 1. The number of amides is 3. The van der Waals surface area contributed by atoms with Gasteiger partial charge in [-0.1, -0.05) is 46.8 Å². The monoisotopic (exact) mass is 603 g/mol. The van der Waals surface area contributed by atoms with Gasteiger partial charge < -0.3 is 31.1 Å². The number of nitrogens with one attached hydrogen (secondary N) is 2. The van der Waals surface area contributed by atoms with Crippen LogP contribution in [0.1, 0.15) is 71.4 Å². The second-order valence-electron chi connectivity index (χ2n) is 12.6. The number of rotatable bonds is 10. The van der Waals surface area contributed by atoms with Crippen LogP contribution in [0, 0.1) is 18.3 Å². The smallest absolute Gasteiger partial charge is 0.323 e. The van der Waals surface area contributed by atoms with E-state index >= 15 is 0 Å². The van der Waals surface area contributed by atoms with Crippen molar-refractivity contribution in [2.75, 3.05) is 13.2 Å². The Labute approximate surface area is 252 Å². The van der Waals surface area contributed by atoms with Crippen LogP contribution in [-0.4, -0.2) is 82.1 Å². The predicted molar refractivity (Wildman–Crippen MR) is 161 cm³/mol. The van der Waals surface area contributed by atoms with Gasteiger partial charge in [-0.05, 0) is 42.2 Å². The van der Waals surface area contributed by atoms with Gasteiger partial charge in [-0.2, -0.15) is 0 Å². The SMILES string of the molecule is CC(=O)NC(C(=O)N1CC(O)CC1C(=O)NC(COC(=O)[C@@H](N)C(C)C)C1=CC=C(c2scnc2C)CC1)C(C)(C)C. The Morgan fingerprint density at radius 1 is 1.19 bits per heavy atom. The van der Waals surface area contributed by atoms with Gasteiger partial charge in [0.25, 0.3) is 0 Å². The van der Waals surface area contributed by atoms with Crippen LogP contribution < -0.4 is 16.4 Å². The Hall–Kier alpha value is -3.09. The highest BCUT2D eigenvalue weighted by Gasteiger charge is 2.44. The highest BCUT2D eigenvalue weighted by molar-refractivity contribution is 7.10. The lowest BCUT2D eigenvalue weighted by Crippen LogP contribution is -2.58. The summed E-state index contributed by atoms with van der Waals surface area (Å²) in [6.07, 6.45) is 4.41. The molecular weight excluding hydrogens is 558 g/mol. The van der Waals surface area contributed by atoms with Crippen molar-refractivity contribution in [1.82, 2.24) is 20.5 Å². The standard InChI is InChI=1S/C30H45N5O6S/c1-16(2)24(31)29(40)41-14-22(19-8-10-20(11-9-19)25-17(3)32-15-42-25)34-27(38)23-12-21(37)13-35(23)28(39)26(30(5,6)7)33-18(4)36/h8,10,15-16,21-24,26,37H,9,11-14,31H2,1-7H3,(H,33,36)(H,34,38)/t21?,22?,23?,24-,26?/m0/s1. The minimum Gasteiger partial charge on any atom is -0.462 e. The number of nitrogens with two attached hydrogens (primary N) is 1. The maximum Gasteiger partial charge on any atom is 0.323 e. The first-order chi connectivity index (χ1) is 19.6. The summed E-state index contributed by atoms with van der Waals surface area (Å²) in [7, 11) is 0. The zero-order valence-corrected chi connectivity index (χ0v) is 26.4. The van der Waals surface area contributed by atoms with E-state index in [4.69, 9.17) is 10.5 Å². The highest BCUT2D eigenvalue weighted by atomic mass is 32.1. The normalized spacial score (nSPS) is 21.2. The zero-order valence-electron chi connectivity index (χ0n) is 25.6. The number of aliphatic hydroxyl groups is 1. The molecule has 0 saturated carbocycles. The largest absolute Gasteiger partial charge is 0.462 e. The molecule has 0 aromatic carbocycles.